The molecule has 0 aliphatic rings. The van der Waals surface area contributed by atoms with Gasteiger partial charge in [0.05, 0.1) is 5.56 Å². The summed E-state index contributed by atoms with van der Waals surface area (Å²) in [4.78, 5) is 2.34. The summed E-state index contributed by atoms with van der Waals surface area (Å²) in [5.74, 6) is 0. The molecule has 1 aromatic rings. The Bertz CT molecular complexity index is 339. The maximum Gasteiger partial charge on any atom is 0.418 e. The van der Waals surface area contributed by atoms with Crippen molar-refractivity contribution < 1.29 is 13.2 Å². The first kappa shape index (κ1) is 9.25. The van der Waals surface area contributed by atoms with Crippen molar-refractivity contribution in [3.63, 3.8) is 0 Å². The zero-order chi connectivity index (χ0) is 9.35. The second-order valence-corrected chi connectivity index (χ2v) is 2.83. The van der Waals surface area contributed by atoms with Gasteiger partial charge in [0.1, 0.15) is 4.64 Å². The van der Waals surface area contributed by atoms with E-state index in [1.165, 1.54) is 13.0 Å². The molecule has 5 heteroatoms. The van der Waals surface area contributed by atoms with Gasteiger partial charge in [0.15, 0.2) is 0 Å². The normalized spacial score (nSPS) is 11.7. The Morgan fingerprint density at radius 3 is 2.42 bits per heavy atom. The van der Waals surface area contributed by atoms with E-state index in [0.29, 0.717) is 4.64 Å². The molecule has 0 saturated carbocycles. The molecule has 1 N–H and O–H groups in total. The number of hydrogen-bond acceptors (Lipinski definition) is 1. The first-order valence-electron chi connectivity index (χ1n) is 3.18. The number of aromatic amines is 1. The zero-order valence-corrected chi connectivity index (χ0v) is 7.01. The molecule has 0 aromatic carbocycles. The van der Waals surface area contributed by atoms with Crippen LogP contribution in [0.2, 0.25) is 0 Å². The number of pyridine rings is 1. The first-order valence-corrected chi connectivity index (χ1v) is 3.58. The number of aryl methyl sites for hydroxylation is 1. The average molecular weight is 193 g/mol. The maximum absolute atomic E-state index is 12.1. The lowest BCUT2D eigenvalue weighted by molar-refractivity contribution is -0.138. The highest BCUT2D eigenvalue weighted by Gasteiger charge is 2.32. The molecule has 66 valence electrons. The molecule has 1 rings (SSSR count). The molecule has 0 bridgehead atoms. The van der Waals surface area contributed by atoms with Crippen LogP contribution in [0.1, 0.15) is 11.1 Å². The van der Waals surface area contributed by atoms with Gasteiger partial charge < -0.3 is 4.98 Å². The van der Waals surface area contributed by atoms with E-state index in [0.717, 1.165) is 6.20 Å². The molecule has 0 saturated heterocycles. The summed E-state index contributed by atoms with van der Waals surface area (Å²) in [5.41, 5.74) is -0.526. The molecule has 0 aliphatic heterocycles. The second kappa shape index (κ2) is 2.90. The molecule has 1 heterocycles. The molecule has 1 aromatic heterocycles. The molecule has 1 nitrogen and oxygen atoms in total. The summed E-state index contributed by atoms with van der Waals surface area (Å²) >= 11 is 4.66. The van der Waals surface area contributed by atoms with Gasteiger partial charge in [0.25, 0.3) is 0 Å². The molecule has 0 atom stereocenters. The monoisotopic (exact) mass is 193 g/mol. The first-order chi connectivity index (χ1) is 5.41. The Morgan fingerprint density at radius 2 is 2.00 bits per heavy atom. The third-order valence-electron chi connectivity index (χ3n) is 1.44. The SMILES string of the molecule is Cc1cc(=S)[nH]cc1C(F)(F)F. The van der Waals surface area contributed by atoms with E-state index >= 15 is 0 Å². The van der Waals surface area contributed by atoms with E-state index in [9.17, 15) is 13.2 Å². The number of hydrogen-bond donors (Lipinski definition) is 1. The fourth-order valence-corrected chi connectivity index (χ4v) is 1.11. The molecule has 0 amide bonds. The van der Waals surface area contributed by atoms with Crippen LogP contribution in [0.3, 0.4) is 0 Å². The number of rotatable bonds is 0. The van der Waals surface area contributed by atoms with Crippen LogP contribution in [0.5, 0.6) is 0 Å². The zero-order valence-electron chi connectivity index (χ0n) is 6.20. The third-order valence-corrected chi connectivity index (χ3v) is 1.67. The van der Waals surface area contributed by atoms with E-state index in [1.807, 2.05) is 0 Å². The predicted octanol–water partition coefficient (Wildman–Crippen LogP) is 3.07. The van der Waals surface area contributed by atoms with Gasteiger partial charge in [-0.3, -0.25) is 0 Å². The highest BCUT2D eigenvalue weighted by Crippen LogP contribution is 2.30. The highest BCUT2D eigenvalue weighted by molar-refractivity contribution is 7.71. The van der Waals surface area contributed by atoms with Gasteiger partial charge in [-0.1, -0.05) is 12.2 Å². The minimum atomic E-state index is -4.30. The quantitative estimate of drug-likeness (QED) is 0.626. The lowest BCUT2D eigenvalue weighted by Crippen LogP contribution is -2.07. The summed E-state index contributed by atoms with van der Waals surface area (Å²) < 4.78 is 36.7. The summed E-state index contributed by atoms with van der Waals surface area (Å²) in [6.45, 7) is 1.38. The number of H-pyrrole nitrogens is 1. The molecule has 0 fully saturated rings. The van der Waals surface area contributed by atoms with Crippen molar-refractivity contribution in [1.82, 2.24) is 4.98 Å². The molecule has 0 spiro atoms. The van der Waals surface area contributed by atoms with Crippen molar-refractivity contribution in [3.05, 3.63) is 28.0 Å². The average Bonchev–Trinajstić information content (AvgIpc) is 1.83. The van der Waals surface area contributed by atoms with Crippen LogP contribution in [0.4, 0.5) is 13.2 Å². The standard InChI is InChI=1S/C7H6F3NS/c1-4-2-6(12)11-3-5(4)7(8,9)10/h2-3H,1H3,(H,11,12). The van der Waals surface area contributed by atoms with Gasteiger partial charge in [0.2, 0.25) is 0 Å². The topological polar surface area (TPSA) is 15.8 Å². The van der Waals surface area contributed by atoms with Crippen LogP contribution in [0.15, 0.2) is 12.3 Å². The number of alkyl halides is 3. The fourth-order valence-electron chi connectivity index (χ4n) is 0.879. The van der Waals surface area contributed by atoms with Crippen LogP contribution in [0.25, 0.3) is 0 Å². The Balaban J connectivity index is 3.28. The van der Waals surface area contributed by atoms with E-state index < -0.39 is 11.7 Å². The van der Waals surface area contributed by atoms with E-state index in [1.54, 1.807) is 0 Å². The van der Waals surface area contributed by atoms with E-state index in [-0.39, 0.29) is 5.56 Å². The van der Waals surface area contributed by atoms with Crippen LogP contribution in [0, 0.1) is 11.6 Å². The van der Waals surface area contributed by atoms with Crippen molar-refractivity contribution in [2.45, 2.75) is 13.1 Å². The molecule has 12 heavy (non-hydrogen) atoms. The lowest BCUT2D eigenvalue weighted by Gasteiger charge is -2.08. The van der Waals surface area contributed by atoms with Crippen LogP contribution >= 0.6 is 12.2 Å². The van der Waals surface area contributed by atoms with Gasteiger partial charge in [0, 0.05) is 6.20 Å². The molecule has 0 radical (unpaired) electrons. The van der Waals surface area contributed by atoms with E-state index in [2.05, 4.69) is 17.2 Å². The van der Waals surface area contributed by atoms with Crippen molar-refractivity contribution >= 4 is 12.2 Å². The number of halogens is 3. The van der Waals surface area contributed by atoms with Gasteiger partial charge >= 0.3 is 6.18 Å². The number of aromatic nitrogens is 1. The van der Waals surface area contributed by atoms with Gasteiger partial charge in [-0.2, -0.15) is 13.2 Å². The summed E-state index contributed by atoms with van der Waals surface area (Å²) in [5, 5.41) is 0. The number of nitrogens with one attached hydrogen (secondary N) is 1. The summed E-state index contributed by atoms with van der Waals surface area (Å²) in [6.07, 6.45) is -3.42. The van der Waals surface area contributed by atoms with Gasteiger partial charge in [-0.15, -0.1) is 0 Å². The van der Waals surface area contributed by atoms with Gasteiger partial charge in [-0.25, -0.2) is 0 Å². The molecule has 0 unspecified atom stereocenters. The largest absolute Gasteiger partial charge is 0.418 e. The van der Waals surface area contributed by atoms with Crippen molar-refractivity contribution in [3.8, 4) is 0 Å². The van der Waals surface area contributed by atoms with Gasteiger partial charge in [-0.05, 0) is 18.6 Å². The predicted molar refractivity (Wildman–Crippen MR) is 41.4 cm³/mol. The fraction of sp³-hybridized carbons (Fsp3) is 0.286. The molecular formula is C7H6F3NS. The smallest absolute Gasteiger partial charge is 0.352 e. The summed E-state index contributed by atoms with van der Waals surface area (Å²) in [7, 11) is 0. The second-order valence-electron chi connectivity index (χ2n) is 2.39. The molecular weight excluding hydrogens is 187 g/mol. The highest BCUT2D eigenvalue weighted by atomic mass is 32.1. The summed E-state index contributed by atoms with van der Waals surface area (Å²) in [6, 6.07) is 1.29. The Morgan fingerprint density at radius 1 is 1.42 bits per heavy atom. The van der Waals surface area contributed by atoms with E-state index in [4.69, 9.17) is 0 Å². The Labute approximate surface area is 72.2 Å². The van der Waals surface area contributed by atoms with Crippen LogP contribution in [-0.4, -0.2) is 4.98 Å². The third kappa shape index (κ3) is 1.85. The molecule has 0 aliphatic carbocycles. The minimum absolute atomic E-state index is 0.145. The lowest BCUT2D eigenvalue weighted by atomic mass is 10.1. The maximum atomic E-state index is 12.1. The van der Waals surface area contributed by atoms with Crippen molar-refractivity contribution in [2.24, 2.45) is 0 Å². The Kier molecular flexibility index (Phi) is 2.23. The van der Waals surface area contributed by atoms with Crippen molar-refractivity contribution in [1.29, 1.82) is 0 Å². The van der Waals surface area contributed by atoms with Crippen molar-refractivity contribution in [2.75, 3.05) is 0 Å². The van der Waals surface area contributed by atoms with Crippen LogP contribution < -0.4 is 0 Å². The van der Waals surface area contributed by atoms with Crippen LogP contribution in [-0.2, 0) is 6.18 Å². The Hall–Kier alpha value is -0.840. The minimum Gasteiger partial charge on any atom is -0.352 e.